The van der Waals surface area contributed by atoms with Gasteiger partial charge in [-0.3, -0.25) is 0 Å². The van der Waals surface area contributed by atoms with Crippen LogP contribution in [0.1, 0.15) is 13.8 Å². The SMILES string of the molecule is CC(O)C([O-])=[OH+].CC(O)C([O-])=[OH+].[CH3-].[CH3-].[NH4+].[NH4+].[Ti]. The van der Waals surface area contributed by atoms with Crippen LogP contribution < -0.4 is 22.5 Å². The van der Waals surface area contributed by atoms with Gasteiger partial charge in [0.05, 0.1) is 0 Å². The summed E-state index contributed by atoms with van der Waals surface area (Å²) >= 11 is 0. The van der Waals surface area contributed by atoms with Crippen molar-refractivity contribution < 1.29 is 51.7 Å². The van der Waals surface area contributed by atoms with Gasteiger partial charge in [-0.2, -0.15) is 0 Å². The number of aliphatic hydroxyl groups is 2. The summed E-state index contributed by atoms with van der Waals surface area (Å²) < 4.78 is 0. The number of hydrogen-bond donors (Lipinski definition) is 4. The summed E-state index contributed by atoms with van der Waals surface area (Å²) in [6.45, 7) is 2.39. The summed E-state index contributed by atoms with van der Waals surface area (Å²) in [5.41, 5.74) is 0. The van der Waals surface area contributed by atoms with E-state index in [1.54, 1.807) is 0 Å². The van der Waals surface area contributed by atoms with Crippen LogP contribution in [0.3, 0.4) is 0 Å². The zero-order chi connectivity index (χ0) is 10.3. The number of aliphatic hydroxyl groups excluding tert-OH is 2. The van der Waals surface area contributed by atoms with E-state index in [4.69, 9.17) is 19.8 Å². The average molecular weight is 294 g/mol. The molecule has 0 saturated heterocycles. The fourth-order valence-corrected chi connectivity index (χ4v) is 0. The predicted octanol–water partition coefficient (Wildman–Crippen LogP) is -2.16. The maximum Gasteiger partial charge on any atom is 0.332 e. The first-order valence-electron chi connectivity index (χ1n) is 3.10. The number of carbonyl (C=O) groups excluding carboxylic acids is 2. The molecule has 0 saturated carbocycles. The number of rotatable bonds is 2. The van der Waals surface area contributed by atoms with Crippen LogP contribution in [0, 0.1) is 14.9 Å². The molecular formula is C8H26N2O6Ti. The van der Waals surface area contributed by atoms with Crippen molar-refractivity contribution in [3.05, 3.63) is 14.9 Å². The van der Waals surface area contributed by atoms with Gasteiger partial charge in [-0.15, -0.1) is 0 Å². The summed E-state index contributed by atoms with van der Waals surface area (Å²) in [7, 11) is 0. The van der Waals surface area contributed by atoms with Gasteiger partial charge >= 0.3 is 11.9 Å². The predicted molar refractivity (Wildman–Crippen MR) is 62.0 cm³/mol. The Morgan fingerprint density at radius 3 is 0.941 bits per heavy atom. The van der Waals surface area contributed by atoms with Gasteiger partial charge in [0.2, 0.25) is 0 Å². The van der Waals surface area contributed by atoms with Crippen molar-refractivity contribution >= 4 is 11.9 Å². The summed E-state index contributed by atoms with van der Waals surface area (Å²) in [6.07, 6.45) is -2.46. The Kier molecular flexibility index (Phi) is 63.7. The van der Waals surface area contributed by atoms with E-state index < -0.39 is 24.1 Å². The molecule has 9 heteroatoms. The Morgan fingerprint density at radius 2 is 0.941 bits per heavy atom. The van der Waals surface area contributed by atoms with Crippen molar-refractivity contribution in [1.29, 1.82) is 0 Å². The maximum absolute atomic E-state index is 9.45. The number of quaternary nitrogens is 2. The number of carboxylic acid groups (broad SMARTS) is 2. The molecule has 0 aromatic heterocycles. The zero-order valence-corrected chi connectivity index (χ0v) is 12.8. The molecule has 108 valence electrons. The van der Waals surface area contributed by atoms with Crippen molar-refractivity contribution in [2.75, 3.05) is 0 Å². The molecule has 0 radical (unpaired) electrons. The Bertz CT molecular complexity index is 148. The first kappa shape index (κ1) is 43.9. The third kappa shape index (κ3) is 50.2. The molecule has 0 bridgehead atoms. The smallest absolute Gasteiger partial charge is 0.332 e. The van der Waals surface area contributed by atoms with Crippen LogP contribution in [0.2, 0.25) is 0 Å². The monoisotopic (exact) mass is 294 g/mol. The second-order valence-corrected chi connectivity index (χ2v) is 2.03. The Hall–Kier alpha value is -0.506. The summed E-state index contributed by atoms with van der Waals surface area (Å²) in [5, 5.41) is 35.0. The van der Waals surface area contributed by atoms with Crippen LogP contribution in [0.15, 0.2) is 0 Å². The van der Waals surface area contributed by atoms with E-state index >= 15 is 0 Å². The first-order chi connectivity index (χ1) is 5.29. The number of carboxylic acids is 2. The van der Waals surface area contributed by atoms with Gasteiger partial charge in [0, 0.05) is 21.7 Å². The molecule has 12 N–H and O–H groups in total. The second-order valence-electron chi connectivity index (χ2n) is 2.03. The summed E-state index contributed by atoms with van der Waals surface area (Å²) in [5.74, 6) is -2.37. The minimum atomic E-state index is -1.23. The molecule has 2 atom stereocenters. The molecule has 17 heavy (non-hydrogen) atoms. The fourth-order valence-electron chi connectivity index (χ4n) is 0. The molecule has 0 aromatic rings. The normalized spacial score (nSPS) is 9.65. The molecular weight excluding hydrogens is 268 g/mol. The van der Waals surface area contributed by atoms with E-state index in [2.05, 4.69) is 0 Å². The third-order valence-corrected chi connectivity index (χ3v) is 0.715. The molecule has 0 heterocycles. The van der Waals surface area contributed by atoms with Gasteiger partial charge < -0.3 is 47.0 Å². The van der Waals surface area contributed by atoms with Gasteiger partial charge in [0.1, 0.15) is 12.2 Å². The molecule has 0 rings (SSSR count). The van der Waals surface area contributed by atoms with E-state index in [1.807, 2.05) is 0 Å². The fraction of sp³-hybridized carbons (Fsp3) is 0.500. The summed E-state index contributed by atoms with van der Waals surface area (Å²) in [4.78, 5) is 15.5. The first-order valence-corrected chi connectivity index (χ1v) is 3.10. The van der Waals surface area contributed by atoms with Gasteiger partial charge in [0.15, 0.2) is 0 Å². The van der Waals surface area contributed by atoms with E-state index in [9.17, 15) is 10.2 Å². The van der Waals surface area contributed by atoms with Crippen LogP contribution in [0.4, 0.5) is 0 Å². The molecule has 0 spiro atoms. The Morgan fingerprint density at radius 1 is 0.882 bits per heavy atom. The van der Waals surface area contributed by atoms with Gasteiger partial charge in [0.25, 0.3) is 0 Å². The molecule has 0 aliphatic carbocycles. The Balaban J connectivity index is -0.0000000182. The molecule has 8 nitrogen and oxygen atoms in total. The van der Waals surface area contributed by atoms with Crippen molar-refractivity contribution in [2.45, 2.75) is 26.1 Å². The molecule has 0 amide bonds. The maximum atomic E-state index is 9.45. The van der Waals surface area contributed by atoms with Gasteiger partial charge in [-0.25, -0.2) is 10.2 Å². The minimum Gasteiger partial charge on any atom is -0.479 e. The van der Waals surface area contributed by atoms with Gasteiger partial charge in [-0.1, -0.05) is 0 Å². The van der Waals surface area contributed by atoms with Crippen molar-refractivity contribution in [1.82, 2.24) is 12.3 Å². The second kappa shape index (κ2) is 24.6. The average Bonchev–Trinajstić information content (AvgIpc) is 1.88. The topological polar surface area (TPSA) is 202 Å². The zero-order valence-electron chi connectivity index (χ0n) is 11.3. The number of aliphatic carboxylic acids is 2. The number of hydrogen-bond acceptors (Lipinski definition) is 4. The molecule has 0 aliphatic heterocycles. The standard InChI is InChI=1S/2C3H6O3.2CH3.2H3N.Ti/c2*1-2(4)3(5)6;;;;;/h2*2,4H,1H3,(H,5,6);4*1H3;/q;;2*-1;;;/p+2. The van der Waals surface area contributed by atoms with E-state index in [1.165, 1.54) is 13.8 Å². The van der Waals surface area contributed by atoms with E-state index in [0.29, 0.717) is 0 Å². The van der Waals surface area contributed by atoms with Crippen LogP contribution in [0.5, 0.6) is 0 Å². The Labute approximate surface area is 117 Å². The molecule has 2 unspecified atom stereocenters. The summed E-state index contributed by atoms with van der Waals surface area (Å²) in [6, 6.07) is 0. The van der Waals surface area contributed by atoms with E-state index in [-0.39, 0.29) is 48.9 Å². The van der Waals surface area contributed by atoms with Crippen LogP contribution in [0.25, 0.3) is 0 Å². The molecule has 0 aromatic carbocycles. The van der Waals surface area contributed by atoms with Crippen molar-refractivity contribution in [3.63, 3.8) is 0 Å². The van der Waals surface area contributed by atoms with Crippen molar-refractivity contribution in [3.8, 4) is 0 Å². The third-order valence-electron chi connectivity index (χ3n) is 0.715. The van der Waals surface area contributed by atoms with Crippen LogP contribution in [-0.2, 0) is 21.7 Å². The van der Waals surface area contributed by atoms with Crippen LogP contribution in [-0.4, -0.2) is 43.9 Å². The van der Waals surface area contributed by atoms with Crippen LogP contribution >= 0.6 is 0 Å². The minimum absolute atomic E-state index is 0. The molecule has 0 fully saturated rings. The van der Waals surface area contributed by atoms with Crippen molar-refractivity contribution in [2.24, 2.45) is 0 Å². The molecule has 0 aliphatic rings. The van der Waals surface area contributed by atoms with Gasteiger partial charge in [-0.05, 0) is 13.8 Å². The largest absolute Gasteiger partial charge is 0.479 e. The quantitative estimate of drug-likeness (QED) is 0.255. The van der Waals surface area contributed by atoms with E-state index in [0.717, 1.165) is 0 Å².